The molecule has 0 bridgehead atoms. The number of carbonyl (C=O) groups excluding carboxylic acids is 2. The summed E-state index contributed by atoms with van der Waals surface area (Å²) in [7, 11) is 0. The van der Waals surface area contributed by atoms with Crippen LogP contribution in [0, 0.1) is 0 Å². The standard InChI is InChI=1S/C22H26BrClN2O3/c1-4-15(2)25-22(28)16(3)26(13-17-9-11-18(23)12-10-17)21(27)14-29-20-8-6-5-7-19(20)24/h5-12,15-16H,4,13-14H2,1-3H3,(H,25,28)/t15-,16+/m0/s1. The minimum atomic E-state index is -0.644. The summed E-state index contributed by atoms with van der Waals surface area (Å²) < 4.78 is 6.55. The number of hydrogen-bond acceptors (Lipinski definition) is 3. The van der Waals surface area contributed by atoms with Crippen LogP contribution in [0.5, 0.6) is 5.75 Å². The number of rotatable bonds is 9. The Hall–Kier alpha value is -2.05. The first-order chi connectivity index (χ1) is 13.8. The van der Waals surface area contributed by atoms with Crippen molar-refractivity contribution in [1.82, 2.24) is 10.2 Å². The molecule has 2 amide bonds. The Balaban J connectivity index is 2.15. The zero-order chi connectivity index (χ0) is 21.4. The molecule has 0 unspecified atom stereocenters. The van der Waals surface area contributed by atoms with Crippen LogP contribution in [0.4, 0.5) is 0 Å². The van der Waals surface area contributed by atoms with Crippen molar-refractivity contribution in [1.29, 1.82) is 0 Å². The van der Waals surface area contributed by atoms with Crippen LogP contribution in [0.1, 0.15) is 32.8 Å². The first kappa shape index (κ1) is 23.2. The zero-order valence-corrected chi connectivity index (χ0v) is 19.2. The van der Waals surface area contributed by atoms with Crippen LogP contribution in [0.3, 0.4) is 0 Å². The molecule has 0 aliphatic heterocycles. The van der Waals surface area contributed by atoms with Gasteiger partial charge in [-0.1, -0.05) is 58.7 Å². The van der Waals surface area contributed by atoms with Crippen molar-refractivity contribution in [2.45, 2.75) is 45.8 Å². The molecule has 156 valence electrons. The predicted molar refractivity (Wildman–Crippen MR) is 119 cm³/mol. The van der Waals surface area contributed by atoms with E-state index in [0.29, 0.717) is 17.3 Å². The average molecular weight is 482 g/mol. The highest BCUT2D eigenvalue weighted by Crippen LogP contribution is 2.23. The topological polar surface area (TPSA) is 58.6 Å². The summed E-state index contributed by atoms with van der Waals surface area (Å²) in [5.41, 5.74) is 0.919. The third-order valence-corrected chi connectivity index (χ3v) is 5.46. The van der Waals surface area contributed by atoms with Crippen LogP contribution in [-0.2, 0) is 16.1 Å². The van der Waals surface area contributed by atoms with Crippen LogP contribution in [0.15, 0.2) is 53.0 Å². The second-order valence-corrected chi connectivity index (χ2v) is 8.18. The fourth-order valence-electron chi connectivity index (χ4n) is 2.62. The van der Waals surface area contributed by atoms with E-state index in [2.05, 4.69) is 21.2 Å². The van der Waals surface area contributed by atoms with Gasteiger partial charge in [0.1, 0.15) is 11.8 Å². The molecular formula is C22H26BrClN2O3. The zero-order valence-electron chi connectivity index (χ0n) is 16.8. The first-order valence-corrected chi connectivity index (χ1v) is 10.7. The van der Waals surface area contributed by atoms with Gasteiger partial charge in [0.05, 0.1) is 5.02 Å². The van der Waals surface area contributed by atoms with Crippen LogP contribution in [0.2, 0.25) is 5.02 Å². The van der Waals surface area contributed by atoms with Crippen LogP contribution in [-0.4, -0.2) is 35.4 Å². The van der Waals surface area contributed by atoms with Gasteiger partial charge in [-0.2, -0.15) is 0 Å². The number of halogens is 2. The number of para-hydroxylation sites is 1. The van der Waals surface area contributed by atoms with Gasteiger partial charge in [0.15, 0.2) is 6.61 Å². The lowest BCUT2D eigenvalue weighted by atomic mass is 10.1. The highest BCUT2D eigenvalue weighted by Gasteiger charge is 2.27. The van der Waals surface area contributed by atoms with Crippen molar-refractivity contribution >= 4 is 39.3 Å². The van der Waals surface area contributed by atoms with Gasteiger partial charge >= 0.3 is 0 Å². The van der Waals surface area contributed by atoms with Gasteiger partial charge in [-0.25, -0.2) is 0 Å². The van der Waals surface area contributed by atoms with E-state index in [9.17, 15) is 9.59 Å². The van der Waals surface area contributed by atoms with E-state index in [1.165, 1.54) is 4.90 Å². The van der Waals surface area contributed by atoms with Gasteiger partial charge < -0.3 is 15.0 Å². The van der Waals surface area contributed by atoms with Gasteiger partial charge in [0, 0.05) is 17.1 Å². The number of amides is 2. The lowest BCUT2D eigenvalue weighted by Gasteiger charge is -2.29. The number of benzene rings is 2. The summed E-state index contributed by atoms with van der Waals surface area (Å²) >= 11 is 9.51. The van der Waals surface area contributed by atoms with Crippen molar-refractivity contribution < 1.29 is 14.3 Å². The molecule has 5 nitrogen and oxygen atoms in total. The SMILES string of the molecule is CC[C@H](C)NC(=O)[C@@H](C)N(Cc1ccc(Br)cc1)C(=O)COc1ccccc1Cl. The Labute approximate surface area is 185 Å². The summed E-state index contributed by atoms with van der Waals surface area (Å²) in [4.78, 5) is 27.2. The van der Waals surface area contributed by atoms with Crippen LogP contribution >= 0.6 is 27.5 Å². The maximum absolute atomic E-state index is 13.0. The summed E-state index contributed by atoms with van der Waals surface area (Å²) in [6.45, 7) is 5.75. The maximum Gasteiger partial charge on any atom is 0.261 e. The van der Waals surface area contributed by atoms with Gasteiger partial charge in [-0.05, 0) is 50.1 Å². The van der Waals surface area contributed by atoms with Crippen LogP contribution < -0.4 is 10.1 Å². The maximum atomic E-state index is 13.0. The smallest absolute Gasteiger partial charge is 0.261 e. The molecule has 1 N–H and O–H groups in total. The van der Waals surface area contributed by atoms with Crippen molar-refractivity contribution in [3.63, 3.8) is 0 Å². The van der Waals surface area contributed by atoms with E-state index < -0.39 is 6.04 Å². The van der Waals surface area contributed by atoms with E-state index in [1.54, 1.807) is 31.2 Å². The molecule has 7 heteroatoms. The van der Waals surface area contributed by atoms with E-state index in [-0.39, 0.29) is 24.5 Å². The number of nitrogens with zero attached hydrogens (tertiary/aromatic N) is 1. The molecule has 0 fully saturated rings. The minimum Gasteiger partial charge on any atom is -0.482 e. The van der Waals surface area contributed by atoms with Crippen LogP contribution in [0.25, 0.3) is 0 Å². The Kier molecular flexibility index (Phi) is 8.99. The third kappa shape index (κ3) is 7.05. The number of carbonyl (C=O) groups is 2. The molecule has 0 aliphatic carbocycles. The normalized spacial score (nSPS) is 12.7. The van der Waals surface area contributed by atoms with E-state index >= 15 is 0 Å². The summed E-state index contributed by atoms with van der Waals surface area (Å²) in [6, 6.07) is 14.0. The molecule has 2 atom stereocenters. The van der Waals surface area contributed by atoms with E-state index in [1.807, 2.05) is 38.1 Å². The predicted octanol–water partition coefficient (Wildman–Crippen LogP) is 4.81. The Morgan fingerprint density at radius 2 is 1.79 bits per heavy atom. The Morgan fingerprint density at radius 3 is 2.41 bits per heavy atom. The lowest BCUT2D eigenvalue weighted by Crippen LogP contribution is -2.50. The van der Waals surface area contributed by atoms with E-state index in [4.69, 9.17) is 16.3 Å². The van der Waals surface area contributed by atoms with Crippen molar-refractivity contribution in [3.05, 3.63) is 63.6 Å². The van der Waals surface area contributed by atoms with Gasteiger partial charge in [0.2, 0.25) is 5.91 Å². The third-order valence-electron chi connectivity index (χ3n) is 4.62. The second-order valence-electron chi connectivity index (χ2n) is 6.86. The molecule has 0 aliphatic rings. The molecule has 0 saturated carbocycles. The monoisotopic (exact) mass is 480 g/mol. The Bertz CT molecular complexity index is 829. The van der Waals surface area contributed by atoms with Crippen molar-refractivity contribution in [2.24, 2.45) is 0 Å². The quantitative estimate of drug-likeness (QED) is 0.559. The molecule has 2 aromatic carbocycles. The molecule has 0 saturated heterocycles. The number of ether oxygens (including phenoxy) is 1. The fourth-order valence-corrected chi connectivity index (χ4v) is 3.07. The summed E-state index contributed by atoms with van der Waals surface area (Å²) in [6.07, 6.45) is 0.814. The lowest BCUT2D eigenvalue weighted by molar-refractivity contribution is -0.142. The molecule has 0 radical (unpaired) electrons. The second kappa shape index (κ2) is 11.2. The molecule has 2 rings (SSSR count). The Morgan fingerprint density at radius 1 is 1.14 bits per heavy atom. The molecule has 0 aromatic heterocycles. The average Bonchev–Trinajstić information content (AvgIpc) is 2.71. The highest BCUT2D eigenvalue weighted by molar-refractivity contribution is 9.10. The molecule has 2 aromatic rings. The number of hydrogen-bond donors (Lipinski definition) is 1. The first-order valence-electron chi connectivity index (χ1n) is 9.53. The summed E-state index contributed by atoms with van der Waals surface area (Å²) in [5.74, 6) is -0.0509. The minimum absolute atomic E-state index is 0.0361. The number of nitrogens with one attached hydrogen (secondary N) is 1. The largest absolute Gasteiger partial charge is 0.482 e. The summed E-state index contributed by atoms with van der Waals surface area (Å²) in [5, 5.41) is 3.37. The molecule has 0 spiro atoms. The fraction of sp³-hybridized carbons (Fsp3) is 0.364. The molecular weight excluding hydrogens is 456 g/mol. The van der Waals surface area contributed by atoms with Gasteiger partial charge in [-0.15, -0.1) is 0 Å². The van der Waals surface area contributed by atoms with Crippen molar-refractivity contribution in [2.75, 3.05) is 6.61 Å². The molecule has 29 heavy (non-hydrogen) atoms. The van der Waals surface area contributed by atoms with E-state index in [0.717, 1.165) is 16.5 Å². The highest BCUT2D eigenvalue weighted by atomic mass is 79.9. The van der Waals surface area contributed by atoms with Crippen molar-refractivity contribution in [3.8, 4) is 5.75 Å². The molecule has 0 heterocycles. The van der Waals surface area contributed by atoms with Gasteiger partial charge in [0.25, 0.3) is 5.91 Å². The van der Waals surface area contributed by atoms with Gasteiger partial charge in [-0.3, -0.25) is 9.59 Å².